The van der Waals surface area contributed by atoms with Crippen molar-refractivity contribution in [2.45, 2.75) is 26.1 Å². The first-order valence-electron chi connectivity index (χ1n) is 10.7. The van der Waals surface area contributed by atoms with Gasteiger partial charge >= 0.3 is 6.03 Å². The molecule has 2 amide bonds. The zero-order valence-electron chi connectivity index (χ0n) is 17.8. The molecule has 0 spiro atoms. The molecule has 1 saturated heterocycles. The zero-order valence-corrected chi connectivity index (χ0v) is 19.3. The van der Waals surface area contributed by atoms with Crippen LogP contribution in [0.5, 0.6) is 0 Å². The molecule has 1 aromatic carbocycles. The van der Waals surface area contributed by atoms with E-state index in [0.29, 0.717) is 45.2 Å². The second-order valence-electron chi connectivity index (χ2n) is 7.94. The van der Waals surface area contributed by atoms with Crippen molar-refractivity contribution in [3.63, 3.8) is 0 Å². The molecule has 3 aromatic rings. The van der Waals surface area contributed by atoms with Gasteiger partial charge in [-0.2, -0.15) is 0 Å². The van der Waals surface area contributed by atoms with Crippen molar-refractivity contribution in [3.05, 3.63) is 63.9 Å². The number of anilines is 1. The molecule has 7 nitrogen and oxygen atoms in total. The lowest BCUT2D eigenvalue weighted by Gasteiger charge is -2.30. The Morgan fingerprint density at radius 3 is 2.66 bits per heavy atom. The average molecular weight is 470 g/mol. The lowest BCUT2D eigenvalue weighted by Crippen LogP contribution is -2.46. The summed E-state index contributed by atoms with van der Waals surface area (Å²) in [6.07, 6.45) is 0. The number of halogens is 1. The number of urea groups is 1. The summed E-state index contributed by atoms with van der Waals surface area (Å²) in [4.78, 5) is 27.9. The van der Waals surface area contributed by atoms with Crippen LogP contribution in [0.1, 0.15) is 29.1 Å². The maximum absolute atomic E-state index is 12.9. The molecular formula is C23H24ClN5O2S. The van der Waals surface area contributed by atoms with E-state index in [-0.39, 0.29) is 17.4 Å². The van der Waals surface area contributed by atoms with Crippen molar-refractivity contribution in [2.24, 2.45) is 0 Å². The van der Waals surface area contributed by atoms with Gasteiger partial charge < -0.3 is 19.9 Å². The molecule has 1 fully saturated rings. The summed E-state index contributed by atoms with van der Waals surface area (Å²) >= 11 is 7.98. The van der Waals surface area contributed by atoms with Gasteiger partial charge in [-0.25, -0.2) is 14.8 Å². The maximum atomic E-state index is 12.9. The predicted molar refractivity (Wildman–Crippen MR) is 126 cm³/mol. The molecule has 32 heavy (non-hydrogen) atoms. The quantitative estimate of drug-likeness (QED) is 0.556. The van der Waals surface area contributed by atoms with Gasteiger partial charge in [-0.3, -0.25) is 0 Å². The molecule has 0 saturated carbocycles. The van der Waals surface area contributed by atoms with Crippen LogP contribution in [0.4, 0.5) is 10.6 Å². The largest absolute Gasteiger partial charge is 0.378 e. The minimum atomic E-state index is 0.00665. The van der Waals surface area contributed by atoms with Crippen molar-refractivity contribution in [1.29, 1.82) is 0 Å². The van der Waals surface area contributed by atoms with Gasteiger partial charge in [-0.05, 0) is 36.2 Å². The number of hydrogen-bond acceptors (Lipinski definition) is 6. The Morgan fingerprint density at radius 1 is 1.09 bits per heavy atom. The highest BCUT2D eigenvalue weighted by Crippen LogP contribution is 2.35. The standard InChI is InChI=1S/C23H24ClN5O2S/c1-15(19-7-8-20(32-19)16-5-3-2-4-6-16)25-21-17-13-29(14-18(17)26-22(24)27-21)23(30)28-9-11-31-12-10-28/h2-8,15H,9-14H2,1H3,(H,25,26,27). The SMILES string of the molecule is CC(Nc1nc(Cl)nc2c1CN(C(=O)N1CCOCC1)C2)c1ccc(-c2ccccc2)s1. The summed E-state index contributed by atoms with van der Waals surface area (Å²) in [6, 6.07) is 14.7. The molecule has 1 N–H and O–H groups in total. The summed E-state index contributed by atoms with van der Waals surface area (Å²) in [7, 11) is 0. The number of nitrogens with zero attached hydrogens (tertiary/aromatic N) is 4. The van der Waals surface area contributed by atoms with E-state index in [1.165, 1.54) is 15.3 Å². The van der Waals surface area contributed by atoms with Gasteiger partial charge in [0.25, 0.3) is 0 Å². The van der Waals surface area contributed by atoms with E-state index in [4.69, 9.17) is 16.3 Å². The molecular weight excluding hydrogens is 446 g/mol. The molecule has 2 aromatic heterocycles. The highest BCUT2D eigenvalue weighted by Gasteiger charge is 2.32. The van der Waals surface area contributed by atoms with Gasteiger partial charge in [-0.15, -0.1) is 11.3 Å². The number of morpholine rings is 1. The van der Waals surface area contributed by atoms with Gasteiger partial charge in [0, 0.05) is 28.4 Å². The summed E-state index contributed by atoms with van der Waals surface area (Å²) in [5.41, 5.74) is 2.94. The van der Waals surface area contributed by atoms with Crippen molar-refractivity contribution >= 4 is 34.8 Å². The van der Waals surface area contributed by atoms with E-state index in [1.54, 1.807) is 16.2 Å². The number of aromatic nitrogens is 2. The van der Waals surface area contributed by atoms with Gasteiger partial charge in [0.15, 0.2) is 0 Å². The Hall–Kier alpha value is -2.68. The fourth-order valence-corrected chi connectivity index (χ4v) is 5.26. The Morgan fingerprint density at radius 2 is 1.88 bits per heavy atom. The normalized spacial score (nSPS) is 16.7. The topological polar surface area (TPSA) is 70.6 Å². The first kappa shape index (κ1) is 21.2. The maximum Gasteiger partial charge on any atom is 0.320 e. The fourth-order valence-electron chi connectivity index (χ4n) is 4.05. The van der Waals surface area contributed by atoms with E-state index < -0.39 is 0 Å². The van der Waals surface area contributed by atoms with E-state index in [9.17, 15) is 4.79 Å². The molecule has 166 valence electrons. The summed E-state index contributed by atoms with van der Waals surface area (Å²) < 4.78 is 5.36. The number of carbonyl (C=O) groups excluding carboxylic acids is 1. The number of thiophene rings is 1. The molecule has 5 rings (SSSR count). The van der Waals surface area contributed by atoms with Gasteiger partial charge in [0.05, 0.1) is 38.0 Å². The highest BCUT2D eigenvalue weighted by atomic mass is 35.5. The monoisotopic (exact) mass is 469 g/mol. The Kier molecular flexibility index (Phi) is 5.99. The molecule has 9 heteroatoms. The average Bonchev–Trinajstić information content (AvgIpc) is 3.47. The van der Waals surface area contributed by atoms with Gasteiger partial charge in [-0.1, -0.05) is 30.3 Å². The molecule has 2 aliphatic heterocycles. The predicted octanol–water partition coefficient (Wildman–Crippen LogP) is 4.80. The van der Waals surface area contributed by atoms with E-state index in [2.05, 4.69) is 46.5 Å². The minimum Gasteiger partial charge on any atom is -0.378 e. The number of rotatable bonds is 4. The Labute approximate surface area is 196 Å². The number of hydrogen-bond donors (Lipinski definition) is 1. The molecule has 1 atom stereocenters. The van der Waals surface area contributed by atoms with Crippen molar-refractivity contribution in [1.82, 2.24) is 19.8 Å². The third-order valence-electron chi connectivity index (χ3n) is 5.77. The molecule has 0 bridgehead atoms. The smallest absolute Gasteiger partial charge is 0.320 e. The third-order valence-corrected chi connectivity index (χ3v) is 7.26. The lowest BCUT2D eigenvalue weighted by molar-refractivity contribution is 0.0429. The van der Waals surface area contributed by atoms with Crippen LogP contribution >= 0.6 is 22.9 Å². The van der Waals surface area contributed by atoms with Crippen molar-refractivity contribution in [3.8, 4) is 10.4 Å². The zero-order chi connectivity index (χ0) is 22.1. The lowest BCUT2D eigenvalue weighted by atomic mass is 10.2. The van der Waals surface area contributed by atoms with Crippen molar-refractivity contribution in [2.75, 3.05) is 31.6 Å². The molecule has 1 unspecified atom stereocenters. The van der Waals surface area contributed by atoms with E-state index >= 15 is 0 Å². The number of nitrogens with one attached hydrogen (secondary N) is 1. The van der Waals surface area contributed by atoms with Crippen LogP contribution in [-0.2, 0) is 17.8 Å². The van der Waals surface area contributed by atoms with Crippen LogP contribution in [-0.4, -0.2) is 52.1 Å². The van der Waals surface area contributed by atoms with Crippen LogP contribution in [0.25, 0.3) is 10.4 Å². The Balaban J connectivity index is 1.33. The Bertz CT molecular complexity index is 1120. The second kappa shape index (κ2) is 9.05. The van der Waals surface area contributed by atoms with E-state index in [0.717, 1.165) is 11.3 Å². The van der Waals surface area contributed by atoms with Crippen LogP contribution < -0.4 is 5.32 Å². The molecule has 0 radical (unpaired) electrons. The number of ether oxygens (including phenoxy) is 1. The number of carbonyl (C=O) groups is 1. The fraction of sp³-hybridized carbons (Fsp3) is 0.348. The van der Waals surface area contributed by atoms with Crippen LogP contribution in [0, 0.1) is 0 Å². The summed E-state index contributed by atoms with van der Waals surface area (Å²) in [5.74, 6) is 0.694. The molecule has 4 heterocycles. The third kappa shape index (κ3) is 4.30. The van der Waals surface area contributed by atoms with Crippen LogP contribution in [0.2, 0.25) is 5.28 Å². The number of fused-ring (bicyclic) bond motifs is 1. The van der Waals surface area contributed by atoms with Gasteiger partial charge in [0.1, 0.15) is 5.82 Å². The van der Waals surface area contributed by atoms with Crippen LogP contribution in [0.15, 0.2) is 42.5 Å². The van der Waals surface area contributed by atoms with Crippen LogP contribution in [0.3, 0.4) is 0 Å². The number of benzene rings is 1. The van der Waals surface area contributed by atoms with Gasteiger partial charge in [0.2, 0.25) is 5.28 Å². The van der Waals surface area contributed by atoms with E-state index in [1.807, 2.05) is 23.1 Å². The summed E-state index contributed by atoms with van der Waals surface area (Å²) in [5, 5.41) is 3.70. The first-order valence-corrected chi connectivity index (χ1v) is 11.9. The number of amides is 2. The molecule has 0 aliphatic carbocycles. The highest BCUT2D eigenvalue weighted by molar-refractivity contribution is 7.15. The minimum absolute atomic E-state index is 0.00665. The second-order valence-corrected chi connectivity index (χ2v) is 9.39. The van der Waals surface area contributed by atoms with Crippen molar-refractivity contribution < 1.29 is 9.53 Å². The summed E-state index contributed by atoms with van der Waals surface area (Å²) in [6.45, 7) is 5.40. The first-order chi connectivity index (χ1) is 15.6. The molecule has 2 aliphatic rings.